The number of hydrogen-bond acceptors (Lipinski definition) is 1. The molecule has 1 fully saturated rings. The van der Waals surface area contributed by atoms with Crippen molar-refractivity contribution in [3.8, 4) is 0 Å². The molecule has 0 spiro atoms. The van der Waals surface area contributed by atoms with Gasteiger partial charge in [0.1, 0.15) is 5.82 Å². The predicted molar refractivity (Wildman–Crippen MR) is 74.6 cm³/mol. The Hall–Kier alpha value is -1.10. The van der Waals surface area contributed by atoms with Gasteiger partial charge in [-0.05, 0) is 48.9 Å². The minimum absolute atomic E-state index is 0.146. The smallest absolute Gasteiger partial charge is 0.314 e. The third kappa shape index (κ3) is 3.96. The van der Waals surface area contributed by atoms with E-state index >= 15 is 0 Å². The fourth-order valence-electron chi connectivity index (χ4n) is 3.10. The third-order valence-electron chi connectivity index (χ3n) is 4.17. The van der Waals surface area contributed by atoms with Crippen LogP contribution in [-0.4, -0.2) is 12.6 Å². The first kappa shape index (κ1) is 16.3. The van der Waals surface area contributed by atoms with Crippen molar-refractivity contribution in [2.45, 2.75) is 51.2 Å². The van der Waals surface area contributed by atoms with Gasteiger partial charge < -0.3 is 5.32 Å². The summed E-state index contributed by atoms with van der Waals surface area (Å²) >= 11 is 0. The second kappa shape index (κ2) is 6.34. The number of rotatable bonds is 4. The van der Waals surface area contributed by atoms with E-state index in [9.17, 15) is 17.6 Å². The number of halogens is 4. The molecule has 0 bridgehead atoms. The number of alkyl halides is 3. The van der Waals surface area contributed by atoms with E-state index < -0.39 is 17.6 Å². The number of nitrogens with one attached hydrogen (secondary N) is 1. The molecule has 2 rings (SSSR count). The Balaban J connectivity index is 2.15. The Bertz CT molecular complexity index is 482. The molecule has 5 heteroatoms. The molecule has 1 N–H and O–H groups in total. The van der Waals surface area contributed by atoms with Crippen molar-refractivity contribution in [3.63, 3.8) is 0 Å². The molecule has 21 heavy (non-hydrogen) atoms. The topological polar surface area (TPSA) is 12.0 Å². The zero-order chi connectivity index (χ0) is 15.6. The van der Waals surface area contributed by atoms with E-state index in [1.807, 2.05) is 0 Å². The van der Waals surface area contributed by atoms with Crippen molar-refractivity contribution >= 4 is 0 Å². The zero-order valence-electron chi connectivity index (χ0n) is 12.3. The fourth-order valence-corrected chi connectivity index (χ4v) is 3.10. The maximum atomic E-state index is 13.7. The summed E-state index contributed by atoms with van der Waals surface area (Å²) < 4.78 is 51.5. The number of hydrogen-bond donors (Lipinski definition) is 1. The molecule has 1 saturated carbocycles. The molecule has 118 valence electrons. The highest BCUT2D eigenvalue weighted by molar-refractivity contribution is 5.30. The molecule has 1 aliphatic rings. The largest absolute Gasteiger partial charge is 0.419 e. The molecule has 0 aliphatic heterocycles. The lowest BCUT2D eigenvalue weighted by Crippen LogP contribution is -2.30. The monoisotopic (exact) mass is 303 g/mol. The highest BCUT2D eigenvalue weighted by atomic mass is 19.4. The van der Waals surface area contributed by atoms with Crippen molar-refractivity contribution in [2.75, 3.05) is 6.54 Å². The summed E-state index contributed by atoms with van der Waals surface area (Å²) in [5.41, 5.74) is -0.491. The molecule has 1 aromatic carbocycles. The van der Waals surface area contributed by atoms with Gasteiger partial charge in [0.2, 0.25) is 0 Å². The van der Waals surface area contributed by atoms with Crippen molar-refractivity contribution in [1.82, 2.24) is 5.32 Å². The summed E-state index contributed by atoms with van der Waals surface area (Å²) in [6, 6.07) is 3.75. The molecular weight excluding hydrogens is 282 g/mol. The van der Waals surface area contributed by atoms with E-state index in [2.05, 4.69) is 19.2 Å². The van der Waals surface area contributed by atoms with E-state index in [-0.39, 0.29) is 5.92 Å². The molecule has 0 saturated heterocycles. The van der Waals surface area contributed by atoms with E-state index in [1.165, 1.54) is 6.07 Å². The minimum Gasteiger partial charge on any atom is -0.314 e. The standard InChI is InChI=1S/C16H21F4N/c1-10(2)21-9-12-4-3-5-13(12)11-6-7-14(15(17)8-11)16(18,19)20/h6-8,10,12-13,21H,3-5,9H2,1-2H3. The lowest BCUT2D eigenvalue weighted by molar-refractivity contribution is -0.140. The molecule has 0 amide bonds. The second-order valence-corrected chi connectivity index (χ2v) is 6.10. The maximum absolute atomic E-state index is 13.7. The fraction of sp³-hybridized carbons (Fsp3) is 0.625. The van der Waals surface area contributed by atoms with Crippen LogP contribution in [0.2, 0.25) is 0 Å². The van der Waals surface area contributed by atoms with Crippen LogP contribution in [0, 0.1) is 11.7 Å². The van der Waals surface area contributed by atoms with Crippen LogP contribution in [-0.2, 0) is 6.18 Å². The summed E-state index contributed by atoms with van der Waals surface area (Å²) in [6.45, 7) is 4.94. The highest BCUT2D eigenvalue weighted by Gasteiger charge is 2.35. The first-order chi connectivity index (χ1) is 9.79. The molecular formula is C16H21F4N. The van der Waals surface area contributed by atoms with Crippen LogP contribution in [0.3, 0.4) is 0 Å². The summed E-state index contributed by atoms with van der Waals surface area (Å²) in [4.78, 5) is 0. The molecule has 2 atom stereocenters. The summed E-state index contributed by atoms with van der Waals surface area (Å²) in [5.74, 6) is -0.654. The van der Waals surface area contributed by atoms with E-state index in [0.29, 0.717) is 17.5 Å². The normalized spacial score (nSPS) is 23.0. The molecule has 2 unspecified atom stereocenters. The van der Waals surface area contributed by atoms with Gasteiger partial charge >= 0.3 is 6.18 Å². The second-order valence-electron chi connectivity index (χ2n) is 6.10. The summed E-state index contributed by atoms with van der Waals surface area (Å²) in [7, 11) is 0. The van der Waals surface area contributed by atoms with E-state index in [1.54, 1.807) is 0 Å². The average Bonchev–Trinajstić information content (AvgIpc) is 2.82. The van der Waals surface area contributed by atoms with Gasteiger partial charge in [-0.25, -0.2) is 4.39 Å². The molecule has 1 aliphatic carbocycles. The van der Waals surface area contributed by atoms with Gasteiger partial charge in [-0.2, -0.15) is 13.2 Å². The predicted octanol–water partition coefficient (Wildman–Crippen LogP) is 4.73. The van der Waals surface area contributed by atoms with E-state index in [0.717, 1.165) is 37.9 Å². The van der Waals surface area contributed by atoms with Gasteiger partial charge in [0, 0.05) is 6.04 Å². The quantitative estimate of drug-likeness (QED) is 0.793. The van der Waals surface area contributed by atoms with Gasteiger partial charge in [-0.1, -0.05) is 26.3 Å². The molecule has 0 radical (unpaired) electrons. The van der Waals surface area contributed by atoms with Crippen molar-refractivity contribution in [3.05, 3.63) is 35.1 Å². The van der Waals surface area contributed by atoms with Gasteiger partial charge in [0.05, 0.1) is 5.56 Å². The van der Waals surface area contributed by atoms with Crippen LogP contribution in [0.5, 0.6) is 0 Å². The first-order valence-corrected chi connectivity index (χ1v) is 7.39. The molecule has 0 heterocycles. The highest BCUT2D eigenvalue weighted by Crippen LogP contribution is 2.41. The van der Waals surface area contributed by atoms with Crippen LogP contribution in [0.25, 0.3) is 0 Å². The van der Waals surface area contributed by atoms with Gasteiger partial charge in [0.25, 0.3) is 0 Å². The SMILES string of the molecule is CC(C)NCC1CCCC1c1ccc(C(F)(F)F)c(F)c1. The lowest BCUT2D eigenvalue weighted by atomic mass is 9.88. The Morgan fingerprint density at radius 3 is 2.52 bits per heavy atom. The zero-order valence-corrected chi connectivity index (χ0v) is 12.3. The summed E-state index contributed by atoms with van der Waals surface area (Å²) in [5, 5.41) is 3.36. The van der Waals surface area contributed by atoms with Gasteiger partial charge in [-0.3, -0.25) is 0 Å². The Kier molecular flexibility index (Phi) is 4.91. The van der Waals surface area contributed by atoms with Crippen molar-refractivity contribution in [1.29, 1.82) is 0 Å². The summed E-state index contributed by atoms with van der Waals surface area (Å²) in [6.07, 6.45) is -1.64. The lowest BCUT2D eigenvalue weighted by Gasteiger charge is -2.22. The first-order valence-electron chi connectivity index (χ1n) is 7.39. The van der Waals surface area contributed by atoms with Gasteiger partial charge in [0.15, 0.2) is 0 Å². The van der Waals surface area contributed by atoms with Gasteiger partial charge in [-0.15, -0.1) is 0 Å². The Morgan fingerprint density at radius 2 is 1.95 bits per heavy atom. The van der Waals surface area contributed by atoms with Crippen LogP contribution in [0.1, 0.15) is 50.2 Å². The minimum atomic E-state index is -4.63. The average molecular weight is 303 g/mol. The molecule has 1 nitrogen and oxygen atoms in total. The maximum Gasteiger partial charge on any atom is 0.419 e. The Morgan fingerprint density at radius 1 is 1.24 bits per heavy atom. The van der Waals surface area contributed by atoms with Crippen molar-refractivity contribution < 1.29 is 17.6 Å². The Labute approximate surface area is 122 Å². The van der Waals surface area contributed by atoms with Crippen LogP contribution in [0.15, 0.2) is 18.2 Å². The third-order valence-corrected chi connectivity index (χ3v) is 4.17. The van der Waals surface area contributed by atoms with Crippen LogP contribution in [0.4, 0.5) is 17.6 Å². The van der Waals surface area contributed by atoms with Crippen molar-refractivity contribution in [2.24, 2.45) is 5.92 Å². The van der Waals surface area contributed by atoms with Crippen LogP contribution >= 0.6 is 0 Å². The van der Waals surface area contributed by atoms with Crippen LogP contribution < -0.4 is 5.32 Å². The van der Waals surface area contributed by atoms with E-state index in [4.69, 9.17) is 0 Å². The molecule has 0 aromatic heterocycles. The molecule has 1 aromatic rings. The number of benzene rings is 1.